The van der Waals surface area contributed by atoms with Crippen LogP contribution < -0.4 is 0 Å². The fourth-order valence-electron chi connectivity index (χ4n) is 1.48. The Morgan fingerprint density at radius 3 is 2.78 bits per heavy atom. The highest BCUT2D eigenvalue weighted by Gasteiger charge is 2.17. The predicted molar refractivity (Wildman–Crippen MR) is 77.6 cm³/mol. The molecule has 0 aromatic heterocycles. The zero-order valence-corrected chi connectivity index (χ0v) is 13.2. The number of carbonyl (C=O) groups excluding carboxylic acids is 1. The van der Waals surface area contributed by atoms with Crippen molar-refractivity contribution in [2.45, 2.75) is 5.38 Å². The molecule has 1 rings (SSSR count). The average Bonchev–Trinajstić information content (AvgIpc) is 2.28. The third kappa shape index (κ3) is 4.43. The lowest BCUT2D eigenvalue weighted by Crippen LogP contribution is -2.34. The van der Waals surface area contributed by atoms with Gasteiger partial charge in [-0.2, -0.15) is 0 Å². The van der Waals surface area contributed by atoms with E-state index in [9.17, 15) is 4.79 Å². The minimum atomic E-state index is -0.227. The summed E-state index contributed by atoms with van der Waals surface area (Å²) < 4.78 is 5.60. The summed E-state index contributed by atoms with van der Waals surface area (Å²) in [6.45, 7) is 0.824. The highest BCUT2D eigenvalue weighted by Crippen LogP contribution is 2.22. The molecule has 1 aromatic rings. The number of hydrogen-bond acceptors (Lipinski definition) is 2. The van der Waals surface area contributed by atoms with Gasteiger partial charge in [-0.15, -0.1) is 11.6 Å². The molecule has 0 N–H and O–H groups in total. The van der Waals surface area contributed by atoms with Crippen LogP contribution in [0.3, 0.4) is 0 Å². The topological polar surface area (TPSA) is 29.5 Å². The van der Waals surface area contributed by atoms with Crippen LogP contribution >= 0.6 is 39.1 Å². The number of nitrogens with zero attached hydrogens (tertiary/aromatic N) is 1. The molecule has 6 heteroatoms. The Bertz CT molecular complexity index is 429. The van der Waals surface area contributed by atoms with Gasteiger partial charge in [0.2, 0.25) is 0 Å². The summed E-state index contributed by atoms with van der Waals surface area (Å²) >= 11 is 15.2. The Hall–Kier alpha value is -0.290. The second-order valence-corrected chi connectivity index (χ2v) is 5.77. The van der Waals surface area contributed by atoms with Gasteiger partial charge >= 0.3 is 0 Å². The smallest absolute Gasteiger partial charge is 0.254 e. The van der Waals surface area contributed by atoms with E-state index in [2.05, 4.69) is 15.9 Å². The van der Waals surface area contributed by atoms with Gasteiger partial charge in [0.25, 0.3) is 5.91 Å². The first-order valence-electron chi connectivity index (χ1n) is 5.29. The molecule has 1 aromatic carbocycles. The number of methoxy groups -OCH3 is 1. The van der Waals surface area contributed by atoms with E-state index in [1.165, 1.54) is 0 Å². The lowest BCUT2D eigenvalue weighted by Gasteiger charge is -2.20. The molecule has 0 saturated carbocycles. The molecule has 0 saturated heterocycles. The summed E-state index contributed by atoms with van der Waals surface area (Å²) in [5, 5.41) is 0.353. The molecule has 0 spiro atoms. The van der Waals surface area contributed by atoms with E-state index in [4.69, 9.17) is 27.9 Å². The fourth-order valence-corrected chi connectivity index (χ4v) is 2.67. The molecule has 0 heterocycles. The van der Waals surface area contributed by atoms with Crippen molar-refractivity contribution in [1.29, 1.82) is 0 Å². The summed E-state index contributed by atoms with van der Waals surface area (Å²) in [6, 6.07) is 5.06. The Morgan fingerprint density at radius 2 is 2.22 bits per heavy atom. The van der Waals surface area contributed by atoms with Gasteiger partial charge < -0.3 is 9.64 Å². The van der Waals surface area contributed by atoms with E-state index in [0.29, 0.717) is 28.2 Å². The Balaban J connectivity index is 2.74. The number of rotatable bonds is 5. The van der Waals surface area contributed by atoms with Gasteiger partial charge in [-0.3, -0.25) is 4.79 Å². The van der Waals surface area contributed by atoms with Crippen LogP contribution in [0.1, 0.15) is 10.4 Å². The van der Waals surface area contributed by atoms with Crippen molar-refractivity contribution in [3.05, 3.63) is 33.3 Å². The third-order valence-corrected chi connectivity index (χ3v) is 3.48. The molecule has 100 valence electrons. The van der Waals surface area contributed by atoms with Gasteiger partial charge in [-0.25, -0.2) is 0 Å². The van der Waals surface area contributed by atoms with Gasteiger partial charge in [-0.05, 0) is 34.1 Å². The molecule has 1 atom stereocenters. The van der Waals surface area contributed by atoms with Crippen molar-refractivity contribution >= 4 is 45.0 Å². The van der Waals surface area contributed by atoms with Gasteiger partial charge in [-0.1, -0.05) is 11.6 Å². The number of ether oxygens (including phenoxy) is 1. The zero-order valence-electron chi connectivity index (χ0n) is 10.1. The Labute approximate surface area is 125 Å². The van der Waals surface area contributed by atoms with Crippen LogP contribution in [0.2, 0.25) is 5.02 Å². The molecule has 0 aliphatic carbocycles. The van der Waals surface area contributed by atoms with Gasteiger partial charge in [0.1, 0.15) is 0 Å². The highest BCUT2D eigenvalue weighted by molar-refractivity contribution is 9.10. The number of halogens is 3. The second kappa shape index (κ2) is 7.34. The number of amides is 1. The first kappa shape index (κ1) is 15.8. The minimum absolute atomic E-state index is 0.111. The van der Waals surface area contributed by atoms with Crippen molar-refractivity contribution in [3.63, 3.8) is 0 Å². The van der Waals surface area contributed by atoms with E-state index < -0.39 is 0 Å². The zero-order chi connectivity index (χ0) is 13.7. The van der Waals surface area contributed by atoms with Crippen LogP contribution in [0, 0.1) is 0 Å². The Kier molecular flexibility index (Phi) is 6.43. The van der Waals surface area contributed by atoms with Gasteiger partial charge in [0, 0.05) is 30.2 Å². The van der Waals surface area contributed by atoms with Crippen LogP contribution in [0.15, 0.2) is 22.7 Å². The molecule has 1 amide bonds. The lowest BCUT2D eigenvalue weighted by atomic mass is 10.2. The largest absolute Gasteiger partial charge is 0.383 e. The summed E-state index contributed by atoms with van der Waals surface area (Å²) in [5.41, 5.74) is 0.559. The van der Waals surface area contributed by atoms with E-state index in [0.717, 1.165) is 0 Å². The number of alkyl halides is 1. The first-order chi connectivity index (χ1) is 8.45. The average molecular weight is 355 g/mol. The molecule has 0 aliphatic heterocycles. The molecule has 0 fully saturated rings. The lowest BCUT2D eigenvalue weighted by molar-refractivity contribution is 0.0781. The number of carbonyl (C=O) groups is 1. The minimum Gasteiger partial charge on any atom is -0.383 e. The summed E-state index contributed by atoms with van der Waals surface area (Å²) in [4.78, 5) is 13.7. The van der Waals surface area contributed by atoms with Crippen molar-refractivity contribution in [2.24, 2.45) is 0 Å². The third-order valence-electron chi connectivity index (χ3n) is 2.33. The van der Waals surface area contributed by atoms with E-state index in [-0.39, 0.29) is 11.3 Å². The highest BCUT2D eigenvalue weighted by atomic mass is 79.9. The molecular weight excluding hydrogens is 341 g/mol. The fraction of sp³-hybridized carbons (Fsp3) is 0.417. The second-order valence-electron chi connectivity index (χ2n) is 3.86. The maximum atomic E-state index is 12.2. The predicted octanol–water partition coefficient (Wildman–Crippen LogP) is 3.43. The molecule has 1 unspecified atom stereocenters. The monoisotopic (exact) mass is 353 g/mol. The molecule has 18 heavy (non-hydrogen) atoms. The molecular formula is C12H14BrCl2NO2. The maximum Gasteiger partial charge on any atom is 0.254 e. The van der Waals surface area contributed by atoms with Gasteiger partial charge in [0.15, 0.2) is 0 Å². The van der Waals surface area contributed by atoms with Crippen molar-refractivity contribution < 1.29 is 9.53 Å². The molecule has 0 bridgehead atoms. The van der Waals surface area contributed by atoms with E-state index in [1.54, 1.807) is 37.3 Å². The summed E-state index contributed by atoms with van der Waals surface area (Å²) in [5.74, 6) is -0.111. The molecule has 3 nitrogen and oxygen atoms in total. The Morgan fingerprint density at radius 1 is 1.56 bits per heavy atom. The SMILES string of the molecule is COCC(Cl)CN(C)C(=O)c1ccc(Cl)cc1Br. The first-order valence-corrected chi connectivity index (χ1v) is 6.90. The van der Waals surface area contributed by atoms with Crippen molar-refractivity contribution in [3.8, 4) is 0 Å². The molecule has 0 aliphatic rings. The van der Waals surface area contributed by atoms with E-state index in [1.807, 2.05) is 0 Å². The quantitative estimate of drug-likeness (QED) is 0.758. The van der Waals surface area contributed by atoms with Crippen LogP contribution in [-0.2, 0) is 4.74 Å². The maximum absolute atomic E-state index is 12.2. The van der Waals surface area contributed by atoms with Crippen LogP contribution in [-0.4, -0.2) is 43.5 Å². The van der Waals surface area contributed by atoms with Crippen LogP contribution in [0.25, 0.3) is 0 Å². The normalized spacial score (nSPS) is 12.3. The summed E-state index contributed by atoms with van der Waals surface area (Å²) in [6.07, 6.45) is 0. The van der Waals surface area contributed by atoms with Crippen LogP contribution in [0.4, 0.5) is 0 Å². The van der Waals surface area contributed by atoms with Crippen molar-refractivity contribution in [2.75, 3.05) is 27.3 Å². The molecule has 0 radical (unpaired) electrons. The number of hydrogen-bond donors (Lipinski definition) is 0. The summed E-state index contributed by atoms with van der Waals surface area (Å²) in [7, 11) is 3.28. The van der Waals surface area contributed by atoms with Gasteiger partial charge in [0.05, 0.1) is 17.5 Å². The van der Waals surface area contributed by atoms with Crippen LogP contribution in [0.5, 0.6) is 0 Å². The standard InChI is InChI=1S/C12H14BrCl2NO2/c1-16(6-9(15)7-18-2)12(17)10-4-3-8(14)5-11(10)13/h3-5,9H,6-7H2,1-2H3. The number of benzene rings is 1. The van der Waals surface area contributed by atoms with Crippen molar-refractivity contribution in [1.82, 2.24) is 4.90 Å². The van der Waals surface area contributed by atoms with E-state index >= 15 is 0 Å².